The number of unbranched alkanes of at least 4 members (excludes halogenated alkanes) is 2. The fraction of sp³-hybridized carbons (Fsp3) is 1.00. The van der Waals surface area contributed by atoms with Gasteiger partial charge in [-0.1, -0.05) is 60.3 Å². The third kappa shape index (κ3) is 12.7. The fourth-order valence-electron chi connectivity index (χ4n) is 2.60. The Balaban J connectivity index is 0.000000342. The van der Waals surface area contributed by atoms with Crippen molar-refractivity contribution in [1.82, 2.24) is 0 Å². The van der Waals surface area contributed by atoms with Crippen molar-refractivity contribution in [3.8, 4) is 0 Å². The first kappa shape index (κ1) is 18.9. The minimum Gasteiger partial charge on any atom is -0.237 e. The highest BCUT2D eigenvalue weighted by Crippen LogP contribution is 2.37. The topological polar surface area (TPSA) is 18.5 Å². The maximum atomic E-state index is 4.88. The van der Waals surface area contributed by atoms with Crippen LogP contribution in [0, 0.1) is 11.3 Å². The maximum absolute atomic E-state index is 4.88. The molecule has 1 aliphatic rings. The van der Waals surface area contributed by atoms with E-state index in [4.69, 9.17) is 9.78 Å². The summed E-state index contributed by atoms with van der Waals surface area (Å²) in [4.78, 5) is 9.75. The first-order valence-electron chi connectivity index (χ1n) is 8.26. The second kappa shape index (κ2) is 11.7. The lowest BCUT2D eigenvalue weighted by atomic mass is 9.73. The molecule has 0 bridgehead atoms. The van der Waals surface area contributed by atoms with E-state index in [0.717, 1.165) is 44.8 Å². The molecule has 1 rings (SSSR count). The zero-order valence-electron chi connectivity index (χ0n) is 14.0. The van der Waals surface area contributed by atoms with Crippen LogP contribution in [-0.4, -0.2) is 13.2 Å². The molecule has 116 valence electrons. The highest BCUT2D eigenvalue weighted by molar-refractivity contribution is 4.76. The summed E-state index contributed by atoms with van der Waals surface area (Å²) in [6.07, 6.45) is 10.3. The number of rotatable bonds is 7. The van der Waals surface area contributed by atoms with Gasteiger partial charge in [0, 0.05) is 0 Å². The molecule has 0 N–H and O–H groups in total. The van der Waals surface area contributed by atoms with E-state index in [9.17, 15) is 0 Å². The zero-order valence-corrected chi connectivity index (χ0v) is 14.0. The smallest absolute Gasteiger partial charge is 0.0822 e. The lowest BCUT2D eigenvalue weighted by molar-refractivity contribution is -0.295. The van der Waals surface area contributed by atoms with Crippen LogP contribution in [0.1, 0.15) is 86.0 Å². The van der Waals surface area contributed by atoms with Crippen molar-refractivity contribution in [2.75, 3.05) is 13.2 Å². The van der Waals surface area contributed by atoms with Crippen LogP contribution in [0.25, 0.3) is 0 Å². The first-order chi connectivity index (χ1) is 9.02. The maximum Gasteiger partial charge on any atom is 0.0822 e. The fourth-order valence-corrected chi connectivity index (χ4v) is 2.60. The summed E-state index contributed by atoms with van der Waals surface area (Å²) in [6.45, 7) is 12.9. The third-order valence-corrected chi connectivity index (χ3v) is 3.70. The molecule has 1 saturated carbocycles. The predicted octanol–water partition coefficient (Wildman–Crippen LogP) is 5.76. The zero-order chi connectivity index (χ0) is 14.6. The van der Waals surface area contributed by atoms with Crippen molar-refractivity contribution in [2.45, 2.75) is 86.0 Å². The van der Waals surface area contributed by atoms with Crippen molar-refractivity contribution in [2.24, 2.45) is 11.3 Å². The van der Waals surface area contributed by atoms with Crippen LogP contribution in [0.4, 0.5) is 0 Å². The molecule has 2 heteroatoms. The lowest BCUT2D eigenvalue weighted by Gasteiger charge is -2.33. The van der Waals surface area contributed by atoms with Crippen LogP contribution in [0.2, 0.25) is 0 Å². The van der Waals surface area contributed by atoms with Crippen LogP contribution >= 0.6 is 0 Å². The second-order valence-corrected chi connectivity index (χ2v) is 6.72. The monoisotopic (exact) mass is 272 g/mol. The Labute approximate surface area is 121 Å². The van der Waals surface area contributed by atoms with Crippen molar-refractivity contribution >= 4 is 0 Å². The van der Waals surface area contributed by atoms with Gasteiger partial charge in [0.05, 0.1) is 13.2 Å². The average molecular weight is 272 g/mol. The Kier molecular flexibility index (Phi) is 11.7. The van der Waals surface area contributed by atoms with Crippen LogP contribution in [0.3, 0.4) is 0 Å². The molecule has 19 heavy (non-hydrogen) atoms. The van der Waals surface area contributed by atoms with Crippen LogP contribution in [-0.2, 0) is 9.78 Å². The molecule has 0 spiro atoms. The van der Waals surface area contributed by atoms with Gasteiger partial charge in [-0.15, -0.1) is 0 Å². The van der Waals surface area contributed by atoms with E-state index in [1.807, 2.05) is 0 Å². The standard InChI is InChI=1S/C9H18.C8H18O2/c1-8-5-4-6-9(2,3)7-8;1-3-5-7-9-10-8-6-4-2/h8H,4-7H2,1-3H3;3-8H2,1-2H3. The summed E-state index contributed by atoms with van der Waals surface area (Å²) in [5.74, 6) is 0.980. The molecule has 2 nitrogen and oxygen atoms in total. The highest BCUT2D eigenvalue weighted by atomic mass is 17.2. The van der Waals surface area contributed by atoms with E-state index >= 15 is 0 Å². The summed E-state index contributed by atoms with van der Waals surface area (Å²) >= 11 is 0. The Morgan fingerprint density at radius 3 is 1.84 bits per heavy atom. The summed E-state index contributed by atoms with van der Waals surface area (Å²) in [6, 6.07) is 0. The van der Waals surface area contributed by atoms with Gasteiger partial charge in [-0.25, -0.2) is 9.78 Å². The largest absolute Gasteiger partial charge is 0.237 e. The van der Waals surface area contributed by atoms with Gasteiger partial charge in [0.1, 0.15) is 0 Å². The van der Waals surface area contributed by atoms with Crippen LogP contribution < -0.4 is 0 Å². The molecular formula is C17H36O2. The van der Waals surface area contributed by atoms with E-state index < -0.39 is 0 Å². The molecule has 1 fully saturated rings. The van der Waals surface area contributed by atoms with Crippen LogP contribution in [0.15, 0.2) is 0 Å². The molecule has 0 amide bonds. The SMILES string of the molecule is CC1CCCC(C)(C)C1.CCCCOOCCCC. The van der Waals surface area contributed by atoms with E-state index in [0.29, 0.717) is 5.41 Å². The second-order valence-electron chi connectivity index (χ2n) is 6.72. The Morgan fingerprint density at radius 2 is 1.53 bits per heavy atom. The van der Waals surface area contributed by atoms with Crippen LogP contribution in [0.5, 0.6) is 0 Å². The minimum atomic E-state index is 0.650. The molecule has 1 unspecified atom stereocenters. The molecule has 1 atom stereocenters. The van der Waals surface area contributed by atoms with Gasteiger partial charge in [0.25, 0.3) is 0 Å². The average Bonchev–Trinajstić information content (AvgIpc) is 2.33. The molecule has 1 aliphatic carbocycles. The molecule has 0 aliphatic heterocycles. The minimum absolute atomic E-state index is 0.650. The van der Waals surface area contributed by atoms with Crippen molar-refractivity contribution < 1.29 is 9.78 Å². The third-order valence-electron chi connectivity index (χ3n) is 3.70. The van der Waals surface area contributed by atoms with Gasteiger partial charge < -0.3 is 0 Å². The Bertz CT molecular complexity index is 182. The predicted molar refractivity (Wildman–Crippen MR) is 83.1 cm³/mol. The van der Waals surface area contributed by atoms with E-state index in [2.05, 4.69) is 34.6 Å². The highest BCUT2D eigenvalue weighted by Gasteiger charge is 2.24. The number of hydrogen-bond donors (Lipinski definition) is 0. The molecule has 0 saturated heterocycles. The van der Waals surface area contributed by atoms with Gasteiger partial charge in [-0.05, 0) is 37.0 Å². The molecule has 0 radical (unpaired) electrons. The summed E-state index contributed by atoms with van der Waals surface area (Å²) < 4.78 is 0. The van der Waals surface area contributed by atoms with Gasteiger partial charge in [0.2, 0.25) is 0 Å². The van der Waals surface area contributed by atoms with E-state index in [-0.39, 0.29) is 0 Å². The van der Waals surface area contributed by atoms with Gasteiger partial charge in [-0.3, -0.25) is 0 Å². The van der Waals surface area contributed by atoms with Gasteiger partial charge in [0.15, 0.2) is 0 Å². The summed E-state index contributed by atoms with van der Waals surface area (Å²) in [5.41, 5.74) is 0.650. The van der Waals surface area contributed by atoms with E-state index in [1.54, 1.807) is 0 Å². The summed E-state index contributed by atoms with van der Waals surface area (Å²) in [7, 11) is 0. The molecule has 0 aromatic heterocycles. The Hall–Kier alpha value is -0.0800. The molecule has 0 heterocycles. The van der Waals surface area contributed by atoms with Gasteiger partial charge >= 0.3 is 0 Å². The lowest BCUT2D eigenvalue weighted by Crippen LogP contribution is -2.20. The Morgan fingerprint density at radius 1 is 1.00 bits per heavy atom. The van der Waals surface area contributed by atoms with Crippen molar-refractivity contribution in [3.63, 3.8) is 0 Å². The molecule has 0 aromatic carbocycles. The van der Waals surface area contributed by atoms with Crippen molar-refractivity contribution in [1.29, 1.82) is 0 Å². The molecule has 0 aromatic rings. The van der Waals surface area contributed by atoms with E-state index in [1.165, 1.54) is 25.7 Å². The van der Waals surface area contributed by atoms with Gasteiger partial charge in [-0.2, -0.15) is 0 Å². The summed E-state index contributed by atoms with van der Waals surface area (Å²) in [5, 5.41) is 0. The quantitative estimate of drug-likeness (QED) is 0.333. The van der Waals surface area contributed by atoms with Crippen molar-refractivity contribution in [3.05, 3.63) is 0 Å². The normalized spacial score (nSPS) is 21.6. The first-order valence-corrected chi connectivity index (χ1v) is 8.26. The number of hydrogen-bond acceptors (Lipinski definition) is 2. The molecular weight excluding hydrogens is 236 g/mol.